The summed E-state index contributed by atoms with van der Waals surface area (Å²) in [4.78, 5) is 40.1. The molecule has 188 valence electrons. The van der Waals surface area contributed by atoms with Crippen molar-refractivity contribution in [2.75, 3.05) is 29.0 Å². The standard InChI is InChI=1S/C25H29FN8O2/c1-14(2)31-24(35)15-5-6-18(26)17(10-15)23-30-11-19(28)22(33-23)25(36)32-20-12-29-8-7-21(20)34-9-3-4-16(27)13-34/h5-8,10-12,14,16H,3-4,9,13,27-28H2,1-2H3,(H,31,35)(H,32,36)/t16-/m0/s1. The lowest BCUT2D eigenvalue weighted by molar-refractivity contribution is 0.0942. The number of hydrogen-bond acceptors (Lipinski definition) is 8. The number of nitrogens with two attached hydrogens (primary N) is 2. The summed E-state index contributed by atoms with van der Waals surface area (Å²) in [5.74, 6) is -1.66. The van der Waals surface area contributed by atoms with E-state index in [1.165, 1.54) is 18.3 Å². The molecule has 4 rings (SSSR count). The molecule has 1 fully saturated rings. The summed E-state index contributed by atoms with van der Waals surface area (Å²) < 4.78 is 14.7. The number of amides is 2. The first-order chi connectivity index (χ1) is 17.2. The predicted octanol–water partition coefficient (Wildman–Crippen LogP) is 2.58. The maximum atomic E-state index is 14.7. The van der Waals surface area contributed by atoms with Crippen molar-refractivity contribution in [3.63, 3.8) is 0 Å². The Bertz CT molecular complexity index is 1280. The van der Waals surface area contributed by atoms with Crippen LogP contribution in [0.2, 0.25) is 0 Å². The summed E-state index contributed by atoms with van der Waals surface area (Å²) in [6.07, 6.45) is 6.32. The summed E-state index contributed by atoms with van der Waals surface area (Å²) in [5.41, 5.74) is 13.5. The van der Waals surface area contributed by atoms with Gasteiger partial charge in [-0.05, 0) is 51.0 Å². The number of hydrogen-bond donors (Lipinski definition) is 4. The van der Waals surface area contributed by atoms with E-state index in [1.54, 1.807) is 12.4 Å². The fourth-order valence-electron chi connectivity index (χ4n) is 4.06. The Labute approximate surface area is 208 Å². The Morgan fingerprint density at radius 2 is 2.00 bits per heavy atom. The molecule has 0 unspecified atom stereocenters. The Hall–Kier alpha value is -4.12. The van der Waals surface area contributed by atoms with Crippen molar-refractivity contribution < 1.29 is 14.0 Å². The molecular formula is C25H29FN8O2. The van der Waals surface area contributed by atoms with Crippen molar-refractivity contribution in [2.45, 2.75) is 38.8 Å². The number of anilines is 3. The van der Waals surface area contributed by atoms with E-state index in [2.05, 4.69) is 30.5 Å². The predicted molar refractivity (Wildman–Crippen MR) is 136 cm³/mol. The average molecular weight is 493 g/mol. The van der Waals surface area contributed by atoms with E-state index < -0.39 is 11.7 Å². The van der Waals surface area contributed by atoms with Crippen molar-refractivity contribution >= 4 is 28.9 Å². The number of benzene rings is 1. The molecule has 0 spiro atoms. The Morgan fingerprint density at radius 1 is 1.19 bits per heavy atom. The van der Waals surface area contributed by atoms with Gasteiger partial charge in [-0.15, -0.1) is 0 Å². The minimum absolute atomic E-state index is 0.0233. The Balaban J connectivity index is 1.62. The van der Waals surface area contributed by atoms with Gasteiger partial charge in [0, 0.05) is 36.9 Å². The molecule has 3 aromatic rings. The quantitative estimate of drug-likeness (QED) is 0.410. The van der Waals surface area contributed by atoms with Crippen molar-refractivity contribution in [1.29, 1.82) is 0 Å². The maximum Gasteiger partial charge on any atom is 0.276 e. The molecule has 3 heterocycles. The lowest BCUT2D eigenvalue weighted by atomic mass is 10.1. The van der Waals surface area contributed by atoms with E-state index in [0.29, 0.717) is 12.2 Å². The first-order valence-corrected chi connectivity index (χ1v) is 11.7. The number of nitrogens with zero attached hydrogens (tertiary/aromatic N) is 4. The highest BCUT2D eigenvalue weighted by Gasteiger charge is 2.22. The first-order valence-electron chi connectivity index (χ1n) is 11.7. The van der Waals surface area contributed by atoms with E-state index in [0.717, 1.165) is 31.1 Å². The number of carbonyl (C=O) groups excluding carboxylic acids is 2. The number of carbonyl (C=O) groups is 2. The number of piperidine rings is 1. The minimum atomic E-state index is -0.636. The summed E-state index contributed by atoms with van der Waals surface area (Å²) in [5, 5.41) is 5.57. The van der Waals surface area contributed by atoms with Gasteiger partial charge in [0.2, 0.25) is 0 Å². The van der Waals surface area contributed by atoms with Crippen LogP contribution in [0.15, 0.2) is 42.9 Å². The largest absolute Gasteiger partial charge is 0.396 e. The zero-order valence-electron chi connectivity index (χ0n) is 20.2. The zero-order valence-corrected chi connectivity index (χ0v) is 20.2. The second kappa shape index (κ2) is 10.6. The highest BCUT2D eigenvalue weighted by Crippen LogP contribution is 2.28. The molecule has 1 aromatic carbocycles. The molecule has 0 bridgehead atoms. The van der Waals surface area contributed by atoms with Gasteiger partial charge in [0.25, 0.3) is 11.8 Å². The van der Waals surface area contributed by atoms with E-state index in [1.807, 2.05) is 19.9 Å². The highest BCUT2D eigenvalue weighted by molar-refractivity contribution is 6.07. The molecule has 6 N–H and O–H groups in total. The van der Waals surface area contributed by atoms with Gasteiger partial charge in [-0.3, -0.25) is 14.6 Å². The van der Waals surface area contributed by atoms with E-state index in [4.69, 9.17) is 11.5 Å². The zero-order chi connectivity index (χ0) is 25.8. The van der Waals surface area contributed by atoms with Gasteiger partial charge < -0.3 is 27.0 Å². The first kappa shape index (κ1) is 25.0. The van der Waals surface area contributed by atoms with E-state index in [9.17, 15) is 14.0 Å². The van der Waals surface area contributed by atoms with Crippen LogP contribution in [0, 0.1) is 5.82 Å². The SMILES string of the molecule is CC(C)NC(=O)c1ccc(F)c(-c2ncc(N)c(C(=O)Nc3cnccc3N3CCC[C@H](N)C3)n2)c1. The fourth-order valence-corrected chi connectivity index (χ4v) is 4.06. The molecular weight excluding hydrogens is 463 g/mol. The number of aromatic nitrogens is 3. The summed E-state index contributed by atoms with van der Waals surface area (Å²) in [7, 11) is 0. The Morgan fingerprint density at radius 3 is 2.75 bits per heavy atom. The van der Waals surface area contributed by atoms with Crippen LogP contribution >= 0.6 is 0 Å². The third-order valence-electron chi connectivity index (χ3n) is 5.77. The summed E-state index contributed by atoms with van der Waals surface area (Å²) in [6, 6.07) is 5.65. The lowest BCUT2D eigenvalue weighted by Gasteiger charge is -2.33. The second-order valence-electron chi connectivity index (χ2n) is 9.02. The molecule has 1 aliphatic rings. The van der Waals surface area contributed by atoms with Gasteiger partial charge in [-0.1, -0.05) is 0 Å². The van der Waals surface area contributed by atoms with Crippen LogP contribution in [0.25, 0.3) is 11.4 Å². The molecule has 1 atom stereocenters. The molecule has 2 aromatic heterocycles. The topological polar surface area (TPSA) is 152 Å². The number of halogens is 1. The van der Waals surface area contributed by atoms with E-state index >= 15 is 0 Å². The molecule has 2 amide bonds. The van der Waals surface area contributed by atoms with Crippen LogP contribution in [-0.4, -0.2) is 51.9 Å². The van der Waals surface area contributed by atoms with Gasteiger partial charge in [0.05, 0.1) is 35.0 Å². The van der Waals surface area contributed by atoms with Crippen LogP contribution in [0.1, 0.15) is 47.5 Å². The van der Waals surface area contributed by atoms with Gasteiger partial charge in [0.1, 0.15) is 5.82 Å². The van der Waals surface area contributed by atoms with Crippen LogP contribution < -0.4 is 27.0 Å². The third kappa shape index (κ3) is 5.57. The number of pyridine rings is 1. The van der Waals surface area contributed by atoms with Crippen LogP contribution in [0.5, 0.6) is 0 Å². The van der Waals surface area contributed by atoms with Crippen LogP contribution in [-0.2, 0) is 0 Å². The molecule has 0 aliphatic carbocycles. The van der Waals surface area contributed by atoms with Crippen molar-refractivity contribution in [1.82, 2.24) is 20.3 Å². The molecule has 1 saturated heterocycles. The molecule has 1 aliphatic heterocycles. The van der Waals surface area contributed by atoms with Crippen molar-refractivity contribution in [2.24, 2.45) is 5.73 Å². The summed E-state index contributed by atoms with van der Waals surface area (Å²) in [6.45, 7) is 5.11. The second-order valence-corrected chi connectivity index (χ2v) is 9.02. The maximum absolute atomic E-state index is 14.7. The van der Waals surface area contributed by atoms with Gasteiger partial charge in [-0.25, -0.2) is 14.4 Å². The summed E-state index contributed by atoms with van der Waals surface area (Å²) >= 11 is 0. The minimum Gasteiger partial charge on any atom is -0.396 e. The van der Waals surface area contributed by atoms with Gasteiger partial charge in [-0.2, -0.15) is 0 Å². The smallest absolute Gasteiger partial charge is 0.276 e. The Kier molecular flexibility index (Phi) is 7.39. The average Bonchev–Trinajstić information content (AvgIpc) is 2.84. The fraction of sp³-hybridized carbons (Fsp3) is 0.320. The van der Waals surface area contributed by atoms with Gasteiger partial charge in [0.15, 0.2) is 11.5 Å². The molecule has 0 radical (unpaired) electrons. The molecule has 0 saturated carbocycles. The molecule has 36 heavy (non-hydrogen) atoms. The normalized spacial score (nSPS) is 15.6. The van der Waals surface area contributed by atoms with E-state index in [-0.39, 0.29) is 46.3 Å². The number of nitrogens with one attached hydrogen (secondary N) is 2. The molecule has 11 heteroatoms. The lowest BCUT2D eigenvalue weighted by Crippen LogP contribution is -2.43. The highest BCUT2D eigenvalue weighted by atomic mass is 19.1. The molecule has 10 nitrogen and oxygen atoms in total. The van der Waals surface area contributed by atoms with Crippen molar-refractivity contribution in [3.8, 4) is 11.4 Å². The van der Waals surface area contributed by atoms with Gasteiger partial charge >= 0.3 is 0 Å². The van der Waals surface area contributed by atoms with Crippen molar-refractivity contribution in [3.05, 3.63) is 59.9 Å². The van der Waals surface area contributed by atoms with Crippen LogP contribution in [0.3, 0.4) is 0 Å². The van der Waals surface area contributed by atoms with Crippen LogP contribution in [0.4, 0.5) is 21.5 Å². The number of nitrogen functional groups attached to an aromatic ring is 1. The number of rotatable bonds is 6. The third-order valence-corrected chi connectivity index (χ3v) is 5.77. The monoisotopic (exact) mass is 492 g/mol.